The van der Waals surface area contributed by atoms with Crippen LogP contribution in [0.15, 0.2) is 34.3 Å². The molecule has 0 spiro atoms. The molecule has 0 aliphatic rings. The Labute approximate surface area is 90.8 Å². The molecule has 0 radical (unpaired) electrons. The standard InChI is InChI=1S/C10H9ClS2/c11-9(10-2-1-4-13-10)6-8-3-5-12-7-8/h1-5,7,9H,6H2. The third-order valence-electron chi connectivity index (χ3n) is 1.85. The van der Waals surface area contributed by atoms with Crippen molar-refractivity contribution in [2.75, 3.05) is 0 Å². The van der Waals surface area contributed by atoms with E-state index in [4.69, 9.17) is 11.6 Å². The maximum atomic E-state index is 6.25. The highest BCUT2D eigenvalue weighted by Crippen LogP contribution is 2.28. The van der Waals surface area contributed by atoms with Crippen molar-refractivity contribution in [3.8, 4) is 0 Å². The molecule has 1 atom stereocenters. The summed E-state index contributed by atoms with van der Waals surface area (Å²) in [5, 5.41) is 6.45. The molecule has 0 N–H and O–H groups in total. The van der Waals surface area contributed by atoms with E-state index in [0.29, 0.717) is 0 Å². The number of hydrogen-bond acceptors (Lipinski definition) is 2. The molecule has 2 heterocycles. The molecule has 0 nitrogen and oxygen atoms in total. The molecule has 0 bridgehead atoms. The van der Waals surface area contributed by atoms with E-state index >= 15 is 0 Å². The summed E-state index contributed by atoms with van der Waals surface area (Å²) in [4.78, 5) is 1.26. The first-order chi connectivity index (χ1) is 6.36. The molecule has 2 aromatic rings. The van der Waals surface area contributed by atoms with Crippen LogP contribution in [0.2, 0.25) is 0 Å². The van der Waals surface area contributed by atoms with Crippen LogP contribution in [0.3, 0.4) is 0 Å². The molecule has 0 aliphatic carbocycles. The second-order valence-corrected chi connectivity index (χ2v) is 5.10. The summed E-state index contributed by atoms with van der Waals surface area (Å²) in [5.41, 5.74) is 1.33. The Morgan fingerprint density at radius 1 is 1.31 bits per heavy atom. The SMILES string of the molecule is ClC(Cc1ccsc1)c1cccs1. The van der Waals surface area contributed by atoms with Crippen LogP contribution < -0.4 is 0 Å². The molecule has 0 saturated carbocycles. The topological polar surface area (TPSA) is 0 Å². The zero-order valence-electron chi connectivity index (χ0n) is 6.94. The zero-order valence-corrected chi connectivity index (χ0v) is 9.33. The highest BCUT2D eigenvalue weighted by atomic mass is 35.5. The molecule has 0 aromatic carbocycles. The van der Waals surface area contributed by atoms with Crippen LogP contribution in [0, 0.1) is 0 Å². The average molecular weight is 229 g/mol. The first-order valence-corrected chi connectivity index (χ1v) is 6.30. The summed E-state index contributed by atoms with van der Waals surface area (Å²) in [6.45, 7) is 0. The summed E-state index contributed by atoms with van der Waals surface area (Å²) in [7, 11) is 0. The Balaban J connectivity index is 2.04. The average Bonchev–Trinajstić information content (AvgIpc) is 2.74. The van der Waals surface area contributed by atoms with E-state index in [1.165, 1.54) is 10.4 Å². The maximum absolute atomic E-state index is 6.25. The highest BCUT2D eigenvalue weighted by molar-refractivity contribution is 7.10. The van der Waals surface area contributed by atoms with E-state index in [1.807, 2.05) is 6.07 Å². The molecule has 2 aromatic heterocycles. The van der Waals surface area contributed by atoms with Gasteiger partial charge in [-0.15, -0.1) is 22.9 Å². The van der Waals surface area contributed by atoms with Crippen molar-refractivity contribution < 1.29 is 0 Å². The fraction of sp³-hybridized carbons (Fsp3) is 0.200. The summed E-state index contributed by atoms with van der Waals surface area (Å²) in [6, 6.07) is 6.27. The lowest BCUT2D eigenvalue weighted by Crippen LogP contribution is -1.90. The van der Waals surface area contributed by atoms with Crippen molar-refractivity contribution >= 4 is 34.3 Å². The van der Waals surface area contributed by atoms with Gasteiger partial charge in [0.2, 0.25) is 0 Å². The summed E-state index contributed by atoms with van der Waals surface area (Å²) in [6.07, 6.45) is 0.936. The van der Waals surface area contributed by atoms with E-state index in [1.54, 1.807) is 22.7 Å². The number of rotatable bonds is 3. The second kappa shape index (κ2) is 4.27. The minimum absolute atomic E-state index is 0.134. The lowest BCUT2D eigenvalue weighted by Gasteiger charge is -2.04. The number of thiophene rings is 2. The van der Waals surface area contributed by atoms with Gasteiger partial charge in [-0.1, -0.05) is 6.07 Å². The molecule has 13 heavy (non-hydrogen) atoms. The number of hydrogen-bond donors (Lipinski definition) is 0. The Morgan fingerprint density at radius 3 is 2.85 bits per heavy atom. The van der Waals surface area contributed by atoms with Crippen molar-refractivity contribution in [2.45, 2.75) is 11.8 Å². The van der Waals surface area contributed by atoms with Crippen LogP contribution in [0.5, 0.6) is 0 Å². The van der Waals surface area contributed by atoms with Gasteiger partial charge in [0.05, 0.1) is 5.38 Å². The van der Waals surface area contributed by atoms with E-state index in [0.717, 1.165) is 6.42 Å². The van der Waals surface area contributed by atoms with Gasteiger partial charge in [0, 0.05) is 4.88 Å². The molecule has 2 rings (SSSR count). The van der Waals surface area contributed by atoms with Crippen LogP contribution in [0.1, 0.15) is 15.8 Å². The summed E-state index contributed by atoms with van der Waals surface area (Å²) < 4.78 is 0. The van der Waals surface area contributed by atoms with Gasteiger partial charge in [-0.3, -0.25) is 0 Å². The first-order valence-electron chi connectivity index (χ1n) is 4.05. The van der Waals surface area contributed by atoms with Crippen molar-refractivity contribution in [2.24, 2.45) is 0 Å². The fourth-order valence-electron chi connectivity index (χ4n) is 1.19. The lowest BCUT2D eigenvalue weighted by molar-refractivity contribution is 0.945. The zero-order chi connectivity index (χ0) is 9.10. The van der Waals surface area contributed by atoms with E-state index < -0.39 is 0 Å². The lowest BCUT2D eigenvalue weighted by atomic mass is 10.2. The molecule has 0 amide bonds. The Morgan fingerprint density at radius 2 is 2.23 bits per heavy atom. The monoisotopic (exact) mass is 228 g/mol. The van der Waals surface area contributed by atoms with Crippen LogP contribution >= 0.6 is 34.3 Å². The minimum Gasteiger partial charge on any atom is -0.152 e. The summed E-state index contributed by atoms with van der Waals surface area (Å²) >= 11 is 9.70. The minimum atomic E-state index is 0.134. The van der Waals surface area contributed by atoms with Gasteiger partial charge in [-0.2, -0.15) is 11.3 Å². The smallest absolute Gasteiger partial charge is 0.0719 e. The molecule has 1 unspecified atom stereocenters. The quantitative estimate of drug-likeness (QED) is 0.686. The first kappa shape index (κ1) is 9.25. The van der Waals surface area contributed by atoms with Gasteiger partial charge in [0.1, 0.15) is 0 Å². The van der Waals surface area contributed by atoms with Gasteiger partial charge in [0.15, 0.2) is 0 Å². The fourth-order valence-corrected chi connectivity index (χ4v) is 2.97. The Kier molecular flexibility index (Phi) is 3.04. The molecular formula is C10H9ClS2. The predicted molar refractivity (Wildman–Crippen MR) is 60.9 cm³/mol. The molecule has 0 fully saturated rings. The van der Waals surface area contributed by atoms with Crippen LogP contribution in [-0.4, -0.2) is 0 Å². The Hall–Kier alpha value is -0.310. The number of halogens is 1. The maximum Gasteiger partial charge on any atom is 0.0719 e. The van der Waals surface area contributed by atoms with Crippen LogP contribution in [-0.2, 0) is 6.42 Å². The second-order valence-electron chi connectivity index (χ2n) is 2.82. The van der Waals surface area contributed by atoms with E-state index in [9.17, 15) is 0 Å². The largest absolute Gasteiger partial charge is 0.152 e. The van der Waals surface area contributed by atoms with Crippen molar-refractivity contribution in [3.05, 3.63) is 44.8 Å². The Bertz CT molecular complexity index is 337. The number of alkyl halides is 1. The highest BCUT2D eigenvalue weighted by Gasteiger charge is 2.09. The molecule has 0 aliphatic heterocycles. The molecule has 0 saturated heterocycles. The van der Waals surface area contributed by atoms with Crippen molar-refractivity contribution in [1.82, 2.24) is 0 Å². The predicted octanol–water partition coefficient (Wildman–Crippen LogP) is 4.33. The van der Waals surface area contributed by atoms with E-state index in [2.05, 4.69) is 28.3 Å². The van der Waals surface area contributed by atoms with Gasteiger partial charge in [0.25, 0.3) is 0 Å². The molecular weight excluding hydrogens is 220 g/mol. The third-order valence-corrected chi connectivity index (χ3v) is 4.08. The van der Waals surface area contributed by atoms with Gasteiger partial charge < -0.3 is 0 Å². The molecule has 68 valence electrons. The normalized spacial score (nSPS) is 13.0. The van der Waals surface area contributed by atoms with Crippen LogP contribution in [0.25, 0.3) is 0 Å². The van der Waals surface area contributed by atoms with Crippen LogP contribution in [0.4, 0.5) is 0 Å². The molecule has 3 heteroatoms. The van der Waals surface area contributed by atoms with Gasteiger partial charge >= 0.3 is 0 Å². The van der Waals surface area contributed by atoms with Crippen molar-refractivity contribution in [3.63, 3.8) is 0 Å². The third kappa shape index (κ3) is 2.33. The summed E-state index contributed by atoms with van der Waals surface area (Å²) in [5.74, 6) is 0. The van der Waals surface area contributed by atoms with Gasteiger partial charge in [-0.05, 0) is 40.3 Å². The van der Waals surface area contributed by atoms with Gasteiger partial charge in [-0.25, -0.2) is 0 Å². The van der Waals surface area contributed by atoms with E-state index in [-0.39, 0.29) is 5.38 Å². The van der Waals surface area contributed by atoms with Crippen molar-refractivity contribution in [1.29, 1.82) is 0 Å².